The third-order valence-electron chi connectivity index (χ3n) is 3.35. The molecule has 1 N–H and O–H groups in total. The first-order chi connectivity index (χ1) is 7.84. The molecule has 1 nitrogen and oxygen atoms in total. The number of nitrogens with one attached hydrogen (secondary N) is 1. The van der Waals surface area contributed by atoms with E-state index < -0.39 is 0 Å². The molecule has 0 aliphatic heterocycles. The highest BCUT2D eigenvalue weighted by Gasteiger charge is 2.24. The largest absolute Gasteiger partial charge is 0.319 e. The molecule has 0 aliphatic carbocycles. The summed E-state index contributed by atoms with van der Waals surface area (Å²) in [5, 5.41) is 4.18. The van der Waals surface area contributed by atoms with Gasteiger partial charge in [0.2, 0.25) is 0 Å². The lowest BCUT2D eigenvalue weighted by atomic mass is 9.77. The van der Waals surface area contributed by atoms with E-state index in [0.717, 1.165) is 18.0 Å². The van der Waals surface area contributed by atoms with E-state index in [1.54, 1.807) is 0 Å². The summed E-state index contributed by atoms with van der Waals surface area (Å²) in [4.78, 5) is 0. The molecule has 0 aromatic heterocycles. The maximum absolute atomic E-state index is 6.30. The van der Waals surface area contributed by atoms with Gasteiger partial charge in [0.15, 0.2) is 0 Å². The van der Waals surface area contributed by atoms with Gasteiger partial charge in [0.25, 0.3) is 0 Å². The Hall–Kier alpha value is -0.530. The molecule has 1 unspecified atom stereocenters. The monoisotopic (exact) mass is 253 g/mol. The van der Waals surface area contributed by atoms with Crippen LogP contribution in [0, 0.1) is 18.3 Å². The topological polar surface area (TPSA) is 12.0 Å². The minimum absolute atomic E-state index is 0.289. The third-order valence-corrected chi connectivity index (χ3v) is 3.70. The highest BCUT2D eigenvalue weighted by Crippen LogP contribution is 2.31. The van der Waals surface area contributed by atoms with Crippen LogP contribution in [0.15, 0.2) is 18.2 Å². The molecule has 1 aromatic rings. The van der Waals surface area contributed by atoms with Gasteiger partial charge in [-0.2, -0.15) is 0 Å². The number of rotatable bonds is 4. The van der Waals surface area contributed by atoms with Crippen LogP contribution < -0.4 is 5.32 Å². The Morgan fingerprint density at radius 2 is 1.94 bits per heavy atom. The van der Waals surface area contributed by atoms with Crippen molar-refractivity contribution in [3.05, 3.63) is 34.3 Å². The van der Waals surface area contributed by atoms with E-state index >= 15 is 0 Å². The van der Waals surface area contributed by atoms with E-state index in [9.17, 15) is 0 Å². The number of hydrogen-bond donors (Lipinski definition) is 1. The Labute approximate surface area is 111 Å². The fraction of sp³-hybridized carbons (Fsp3) is 0.600. The van der Waals surface area contributed by atoms with Crippen LogP contribution in [0.2, 0.25) is 5.02 Å². The van der Waals surface area contributed by atoms with E-state index in [0.29, 0.717) is 5.92 Å². The highest BCUT2D eigenvalue weighted by molar-refractivity contribution is 6.31. The lowest BCUT2D eigenvalue weighted by Crippen LogP contribution is -2.31. The molecule has 0 amide bonds. The molecule has 0 heterocycles. The molecule has 0 aliphatic rings. The van der Waals surface area contributed by atoms with E-state index in [4.69, 9.17) is 11.6 Å². The zero-order valence-corrected chi connectivity index (χ0v) is 12.4. The third kappa shape index (κ3) is 4.33. The Balaban J connectivity index is 2.86. The number of halogens is 1. The molecular formula is C15H24ClN. The fourth-order valence-corrected chi connectivity index (χ4v) is 2.33. The van der Waals surface area contributed by atoms with Crippen LogP contribution >= 0.6 is 11.6 Å². The fourth-order valence-electron chi connectivity index (χ4n) is 2.01. The zero-order valence-electron chi connectivity index (χ0n) is 11.6. The van der Waals surface area contributed by atoms with Crippen molar-refractivity contribution in [2.24, 2.45) is 11.3 Å². The number of aryl methyl sites for hydroxylation is 1. The van der Waals surface area contributed by atoms with Crippen molar-refractivity contribution < 1.29 is 0 Å². The molecule has 17 heavy (non-hydrogen) atoms. The van der Waals surface area contributed by atoms with Gasteiger partial charge in [-0.1, -0.05) is 44.5 Å². The molecule has 0 fully saturated rings. The second kappa shape index (κ2) is 5.88. The van der Waals surface area contributed by atoms with E-state index in [2.05, 4.69) is 51.2 Å². The average molecular weight is 254 g/mol. The average Bonchev–Trinajstić information content (AvgIpc) is 2.19. The molecule has 0 saturated carbocycles. The van der Waals surface area contributed by atoms with Gasteiger partial charge in [0.1, 0.15) is 0 Å². The van der Waals surface area contributed by atoms with Gasteiger partial charge in [0.05, 0.1) is 0 Å². The molecule has 1 aromatic carbocycles. The maximum Gasteiger partial charge on any atom is 0.0440 e. The molecule has 1 atom stereocenters. The summed E-state index contributed by atoms with van der Waals surface area (Å²) < 4.78 is 0. The Morgan fingerprint density at radius 1 is 1.29 bits per heavy atom. The van der Waals surface area contributed by atoms with E-state index in [1.807, 2.05) is 7.05 Å². The Morgan fingerprint density at radius 3 is 2.41 bits per heavy atom. The summed E-state index contributed by atoms with van der Waals surface area (Å²) in [6, 6.07) is 6.35. The number of hydrogen-bond acceptors (Lipinski definition) is 1. The molecule has 96 valence electrons. The predicted octanol–water partition coefficient (Wildman–Crippen LogP) is 4.07. The van der Waals surface area contributed by atoms with Crippen LogP contribution in [0.25, 0.3) is 0 Å². The van der Waals surface area contributed by atoms with Crippen LogP contribution in [0.1, 0.15) is 31.9 Å². The second-order valence-electron chi connectivity index (χ2n) is 5.92. The summed E-state index contributed by atoms with van der Waals surface area (Å²) in [5.41, 5.74) is 2.77. The summed E-state index contributed by atoms with van der Waals surface area (Å²) in [6.07, 6.45) is 1.03. The Kier molecular flexibility index (Phi) is 5.03. The van der Waals surface area contributed by atoms with Gasteiger partial charge >= 0.3 is 0 Å². The van der Waals surface area contributed by atoms with Gasteiger partial charge in [-0.3, -0.25) is 0 Å². The predicted molar refractivity (Wildman–Crippen MR) is 76.8 cm³/mol. The van der Waals surface area contributed by atoms with Crippen molar-refractivity contribution in [3.63, 3.8) is 0 Å². The zero-order chi connectivity index (χ0) is 13.1. The summed E-state index contributed by atoms with van der Waals surface area (Å²) in [7, 11) is 2.01. The van der Waals surface area contributed by atoms with Gasteiger partial charge < -0.3 is 5.32 Å². The van der Waals surface area contributed by atoms with Crippen molar-refractivity contribution in [2.45, 2.75) is 34.1 Å². The van der Waals surface area contributed by atoms with Crippen LogP contribution in [-0.4, -0.2) is 13.6 Å². The first-order valence-electron chi connectivity index (χ1n) is 6.24. The molecule has 1 rings (SSSR count). The van der Waals surface area contributed by atoms with E-state index in [-0.39, 0.29) is 5.41 Å². The molecule has 0 saturated heterocycles. The first-order valence-corrected chi connectivity index (χ1v) is 6.62. The number of benzene rings is 1. The van der Waals surface area contributed by atoms with Crippen molar-refractivity contribution in [1.29, 1.82) is 0 Å². The summed E-state index contributed by atoms with van der Waals surface area (Å²) >= 11 is 6.30. The van der Waals surface area contributed by atoms with Crippen molar-refractivity contribution in [3.8, 4) is 0 Å². The lowest BCUT2D eigenvalue weighted by Gasteiger charge is -2.31. The summed E-state index contributed by atoms with van der Waals surface area (Å²) in [5.74, 6) is 0.590. The van der Waals surface area contributed by atoms with Crippen LogP contribution in [-0.2, 0) is 6.42 Å². The van der Waals surface area contributed by atoms with Crippen LogP contribution in [0.3, 0.4) is 0 Å². The van der Waals surface area contributed by atoms with Crippen molar-refractivity contribution in [2.75, 3.05) is 13.6 Å². The standard InChI is InChI=1S/C15H24ClN/c1-11-6-7-12(14(16)8-11)9-13(10-17-5)15(2,3)4/h6-8,13,17H,9-10H2,1-5H3. The molecule has 2 heteroatoms. The summed E-state index contributed by atoms with van der Waals surface area (Å²) in [6.45, 7) is 9.96. The first kappa shape index (κ1) is 14.5. The van der Waals surface area contributed by atoms with Gasteiger partial charge in [-0.05, 0) is 55.5 Å². The van der Waals surface area contributed by atoms with Gasteiger partial charge in [-0.15, -0.1) is 0 Å². The minimum atomic E-state index is 0.289. The van der Waals surface area contributed by atoms with Crippen molar-refractivity contribution in [1.82, 2.24) is 5.32 Å². The molecule has 0 radical (unpaired) electrons. The smallest absolute Gasteiger partial charge is 0.0440 e. The minimum Gasteiger partial charge on any atom is -0.319 e. The normalized spacial score (nSPS) is 13.8. The van der Waals surface area contributed by atoms with E-state index in [1.165, 1.54) is 11.1 Å². The Bertz CT molecular complexity index is 366. The van der Waals surface area contributed by atoms with Crippen LogP contribution in [0.5, 0.6) is 0 Å². The van der Waals surface area contributed by atoms with Gasteiger partial charge in [-0.25, -0.2) is 0 Å². The maximum atomic E-state index is 6.30. The molecule has 0 bridgehead atoms. The second-order valence-corrected chi connectivity index (χ2v) is 6.33. The van der Waals surface area contributed by atoms with Crippen LogP contribution in [0.4, 0.5) is 0 Å². The molecule has 0 spiro atoms. The lowest BCUT2D eigenvalue weighted by molar-refractivity contribution is 0.235. The SMILES string of the molecule is CNCC(Cc1ccc(C)cc1Cl)C(C)(C)C. The molecular weight excluding hydrogens is 230 g/mol. The highest BCUT2D eigenvalue weighted by atomic mass is 35.5. The van der Waals surface area contributed by atoms with Crippen molar-refractivity contribution >= 4 is 11.6 Å². The van der Waals surface area contributed by atoms with Gasteiger partial charge in [0, 0.05) is 5.02 Å². The quantitative estimate of drug-likeness (QED) is 0.853.